The minimum absolute atomic E-state index is 0.328. The number of nitrogens with zero attached hydrogens (tertiary/aromatic N) is 2. The van der Waals surface area contributed by atoms with Gasteiger partial charge in [-0.15, -0.1) is 0 Å². The largest absolute Gasteiger partial charge is 0.366 e. The minimum atomic E-state index is -0.396. The molecule has 0 radical (unpaired) electrons. The van der Waals surface area contributed by atoms with Gasteiger partial charge in [-0.2, -0.15) is 0 Å². The Morgan fingerprint density at radius 2 is 1.68 bits per heavy atom. The second kappa shape index (κ2) is 7.40. The van der Waals surface area contributed by atoms with E-state index in [0.29, 0.717) is 40.0 Å². The van der Waals surface area contributed by atoms with E-state index in [1.54, 1.807) is 36.4 Å². The van der Waals surface area contributed by atoms with E-state index in [-0.39, 0.29) is 11.7 Å². The van der Waals surface area contributed by atoms with Crippen molar-refractivity contribution >= 4 is 34.7 Å². The first-order valence-electron chi connectivity index (χ1n) is 9.35. The molecule has 0 aliphatic carbocycles. The van der Waals surface area contributed by atoms with Crippen LogP contribution in [0.3, 0.4) is 0 Å². The van der Waals surface area contributed by atoms with Crippen LogP contribution in [0.15, 0.2) is 54.2 Å². The molecule has 144 valence electrons. The number of likely N-dealkylation sites (tertiary alicyclic amines) is 1. The van der Waals surface area contributed by atoms with E-state index in [1.807, 2.05) is 4.90 Å². The number of imide groups is 1. The zero-order valence-corrected chi connectivity index (χ0v) is 16.2. The second-order valence-electron chi connectivity index (χ2n) is 7.35. The van der Waals surface area contributed by atoms with E-state index < -0.39 is 5.91 Å². The number of rotatable bonds is 3. The first-order valence-corrected chi connectivity index (χ1v) is 9.73. The van der Waals surface area contributed by atoms with Crippen LogP contribution in [-0.4, -0.2) is 29.8 Å². The molecule has 2 heterocycles. The van der Waals surface area contributed by atoms with Crippen molar-refractivity contribution < 1.29 is 14.0 Å². The van der Waals surface area contributed by atoms with E-state index in [2.05, 4.69) is 6.92 Å². The number of halogens is 2. The van der Waals surface area contributed by atoms with Crippen molar-refractivity contribution in [2.75, 3.05) is 18.0 Å². The predicted molar refractivity (Wildman–Crippen MR) is 107 cm³/mol. The summed E-state index contributed by atoms with van der Waals surface area (Å²) in [7, 11) is 0. The van der Waals surface area contributed by atoms with E-state index in [4.69, 9.17) is 11.6 Å². The lowest BCUT2D eigenvalue weighted by Gasteiger charge is -2.33. The van der Waals surface area contributed by atoms with Crippen LogP contribution in [-0.2, 0) is 9.59 Å². The summed E-state index contributed by atoms with van der Waals surface area (Å²) in [6.07, 6.45) is 2.06. The minimum Gasteiger partial charge on any atom is -0.366 e. The normalized spacial score (nSPS) is 20.3. The molecular formula is C22H20ClFN2O2. The van der Waals surface area contributed by atoms with Gasteiger partial charge >= 0.3 is 0 Å². The van der Waals surface area contributed by atoms with Crippen LogP contribution in [0.4, 0.5) is 10.1 Å². The molecule has 0 aromatic heterocycles. The average Bonchev–Trinajstić information content (AvgIpc) is 2.94. The number of hydrogen-bond acceptors (Lipinski definition) is 3. The molecule has 1 fully saturated rings. The van der Waals surface area contributed by atoms with Crippen LogP contribution < -0.4 is 4.90 Å². The maximum atomic E-state index is 13.4. The van der Waals surface area contributed by atoms with E-state index in [1.165, 1.54) is 17.0 Å². The first kappa shape index (κ1) is 18.7. The Labute approximate surface area is 168 Å². The Kier molecular flexibility index (Phi) is 4.94. The summed E-state index contributed by atoms with van der Waals surface area (Å²) in [6.45, 7) is 3.58. The molecule has 0 N–H and O–H groups in total. The second-order valence-corrected chi connectivity index (χ2v) is 7.78. The van der Waals surface area contributed by atoms with Crippen LogP contribution in [0.1, 0.15) is 25.3 Å². The molecule has 4 rings (SSSR count). The highest BCUT2D eigenvalue weighted by atomic mass is 35.5. The zero-order valence-electron chi connectivity index (χ0n) is 15.5. The molecule has 0 bridgehead atoms. The monoisotopic (exact) mass is 398 g/mol. The first-order chi connectivity index (χ1) is 13.5. The van der Waals surface area contributed by atoms with Gasteiger partial charge in [0, 0.05) is 18.1 Å². The van der Waals surface area contributed by atoms with Gasteiger partial charge in [-0.3, -0.25) is 9.59 Å². The van der Waals surface area contributed by atoms with Crippen molar-refractivity contribution in [2.45, 2.75) is 19.8 Å². The van der Waals surface area contributed by atoms with Crippen LogP contribution >= 0.6 is 11.6 Å². The highest BCUT2D eigenvalue weighted by Gasteiger charge is 2.43. The smallest absolute Gasteiger partial charge is 0.282 e. The summed E-state index contributed by atoms with van der Waals surface area (Å²) in [5, 5.41) is 0.527. The predicted octanol–water partition coefficient (Wildman–Crippen LogP) is 4.50. The van der Waals surface area contributed by atoms with Crippen molar-refractivity contribution in [3.63, 3.8) is 0 Å². The fraction of sp³-hybridized carbons (Fsp3) is 0.273. The van der Waals surface area contributed by atoms with Gasteiger partial charge in [-0.25, -0.2) is 9.29 Å². The third-order valence-electron chi connectivity index (χ3n) is 5.25. The fourth-order valence-electron chi connectivity index (χ4n) is 3.91. The third kappa shape index (κ3) is 3.31. The van der Waals surface area contributed by atoms with Crippen LogP contribution in [0.5, 0.6) is 0 Å². The molecule has 6 heteroatoms. The van der Waals surface area contributed by atoms with Crippen LogP contribution in [0.2, 0.25) is 5.02 Å². The summed E-state index contributed by atoms with van der Waals surface area (Å²) in [6, 6.07) is 12.3. The molecule has 4 nitrogen and oxygen atoms in total. The standard InChI is InChI=1S/C22H20ClFN2O2/c1-14-3-2-12-25(13-14)20-19(15-4-8-17(24)9-5-15)21(27)26(22(20)28)18-10-6-16(23)7-11-18/h4-11,14H,2-3,12-13H2,1H3. The molecule has 2 aromatic rings. The SMILES string of the molecule is CC1CCCN(C2=C(c3ccc(F)cc3)C(=O)N(c3ccc(Cl)cc3)C2=O)C1. The van der Waals surface area contributed by atoms with Gasteiger partial charge < -0.3 is 4.90 Å². The molecule has 2 amide bonds. The van der Waals surface area contributed by atoms with Crippen molar-refractivity contribution in [1.29, 1.82) is 0 Å². The van der Waals surface area contributed by atoms with Crippen molar-refractivity contribution in [2.24, 2.45) is 5.92 Å². The Morgan fingerprint density at radius 1 is 1.00 bits per heavy atom. The number of amides is 2. The van der Waals surface area contributed by atoms with Gasteiger partial charge in [0.2, 0.25) is 0 Å². The van der Waals surface area contributed by atoms with E-state index >= 15 is 0 Å². The zero-order chi connectivity index (χ0) is 19.8. The van der Waals surface area contributed by atoms with E-state index in [9.17, 15) is 14.0 Å². The van der Waals surface area contributed by atoms with E-state index in [0.717, 1.165) is 19.4 Å². The third-order valence-corrected chi connectivity index (χ3v) is 5.50. The van der Waals surface area contributed by atoms with Gasteiger partial charge in [0.05, 0.1) is 11.3 Å². The Hall–Kier alpha value is -2.66. The molecule has 2 aliphatic rings. The lowest BCUT2D eigenvalue weighted by atomic mass is 9.98. The Morgan fingerprint density at radius 3 is 2.32 bits per heavy atom. The molecule has 2 aliphatic heterocycles. The summed E-state index contributed by atoms with van der Waals surface area (Å²) in [5.41, 5.74) is 1.75. The number of anilines is 1. The molecule has 1 saturated heterocycles. The summed E-state index contributed by atoms with van der Waals surface area (Å²) >= 11 is 5.95. The number of carbonyl (C=O) groups excluding carboxylic acids is 2. The maximum absolute atomic E-state index is 13.4. The number of hydrogen-bond donors (Lipinski definition) is 0. The summed E-state index contributed by atoms with van der Waals surface area (Å²) in [4.78, 5) is 29.9. The molecule has 2 aromatic carbocycles. The van der Waals surface area contributed by atoms with Crippen molar-refractivity contribution in [1.82, 2.24) is 4.90 Å². The number of piperidine rings is 1. The lowest BCUT2D eigenvalue weighted by molar-refractivity contribution is -0.120. The van der Waals surface area contributed by atoms with Gasteiger partial charge in [0.15, 0.2) is 0 Å². The number of benzene rings is 2. The van der Waals surface area contributed by atoms with Gasteiger partial charge in [-0.1, -0.05) is 30.7 Å². The van der Waals surface area contributed by atoms with Crippen LogP contribution in [0, 0.1) is 11.7 Å². The summed E-state index contributed by atoms with van der Waals surface area (Å²) in [5.74, 6) is -0.695. The fourth-order valence-corrected chi connectivity index (χ4v) is 4.03. The molecule has 28 heavy (non-hydrogen) atoms. The molecule has 1 atom stereocenters. The average molecular weight is 399 g/mol. The Bertz CT molecular complexity index is 954. The molecule has 0 saturated carbocycles. The number of carbonyl (C=O) groups is 2. The maximum Gasteiger partial charge on any atom is 0.282 e. The molecular weight excluding hydrogens is 379 g/mol. The van der Waals surface area contributed by atoms with Gasteiger partial charge in [-0.05, 0) is 60.7 Å². The summed E-state index contributed by atoms with van der Waals surface area (Å²) < 4.78 is 13.4. The van der Waals surface area contributed by atoms with Crippen LogP contribution in [0.25, 0.3) is 5.57 Å². The van der Waals surface area contributed by atoms with Crippen molar-refractivity contribution in [3.05, 3.63) is 70.6 Å². The Balaban J connectivity index is 1.82. The van der Waals surface area contributed by atoms with Crippen molar-refractivity contribution in [3.8, 4) is 0 Å². The quantitative estimate of drug-likeness (QED) is 0.715. The van der Waals surface area contributed by atoms with Gasteiger partial charge in [0.25, 0.3) is 11.8 Å². The lowest BCUT2D eigenvalue weighted by Crippen LogP contribution is -2.39. The highest BCUT2D eigenvalue weighted by molar-refractivity contribution is 6.45. The molecule has 1 unspecified atom stereocenters. The topological polar surface area (TPSA) is 40.6 Å². The van der Waals surface area contributed by atoms with Gasteiger partial charge in [0.1, 0.15) is 11.5 Å². The highest BCUT2D eigenvalue weighted by Crippen LogP contribution is 2.36. The molecule has 0 spiro atoms.